The lowest BCUT2D eigenvalue weighted by Gasteiger charge is -2.26. The van der Waals surface area contributed by atoms with Crippen LogP contribution in [0.3, 0.4) is 0 Å². The number of hydrogen-bond acceptors (Lipinski definition) is 6. The Morgan fingerprint density at radius 1 is 1.12 bits per heavy atom. The van der Waals surface area contributed by atoms with E-state index in [1.165, 1.54) is 0 Å². The van der Waals surface area contributed by atoms with E-state index < -0.39 is 0 Å². The zero-order chi connectivity index (χ0) is 17.9. The van der Waals surface area contributed by atoms with Gasteiger partial charge >= 0.3 is 0 Å². The van der Waals surface area contributed by atoms with Gasteiger partial charge in [-0.3, -0.25) is 0 Å². The molecule has 2 N–H and O–H groups in total. The largest absolute Gasteiger partial charge is 0.490 e. The van der Waals surface area contributed by atoms with Gasteiger partial charge in [-0.2, -0.15) is 0 Å². The first-order chi connectivity index (χ1) is 12.7. The smallest absolute Gasteiger partial charge is 0.222 e. The first-order valence-electron chi connectivity index (χ1n) is 8.65. The number of aliphatic hydroxyl groups is 1. The summed E-state index contributed by atoms with van der Waals surface area (Å²) in [6, 6.07) is 7.87. The molecule has 134 valence electrons. The molecule has 1 fully saturated rings. The Morgan fingerprint density at radius 3 is 2.77 bits per heavy atom. The molecule has 3 aromatic rings. The average Bonchev–Trinajstić information content (AvgIpc) is 2.64. The van der Waals surface area contributed by atoms with E-state index in [2.05, 4.69) is 20.3 Å². The maximum Gasteiger partial charge on any atom is 0.222 e. The third-order valence-electron chi connectivity index (χ3n) is 4.52. The molecular formula is C19H19ClN4O2. The Labute approximate surface area is 156 Å². The van der Waals surface area contributed by atoms with Gasteiger partial charge in [-0.15, -0.1) is 0 Å². The second-order valence-corrected chi connectivity index (χ2v) is 6.81. The molecule has 1 aliphatic rings. The molecule has 0 bridgehead atoms. The highest BCUT2D eigenvalue weighted by molar-refractivity contribution is 6.28. The zero-order valence-corrected chi connectivity index (χ0v) is 14.9. The number of fused-ring (bicyclic) bond motifs is 1. The lowest BCUT2D eigenvalue weighted by molar-refractivity contribution is 0.0537. The topological polar surface area (TPSA) is 80.2 Å². The molecule has 1 aliphatic carbocycles. The predicted octanol–water partition coefficient (Wildman–Crippen LogP) is 4.10. The molecule has 2 heterocycles. The van der Waals surface area contributed by atoms with Gasteiger partial charge in [0.05, 0.1) is 24.2 Å². The van der Waals surface area contributed by atoms with E-state index >= 15 is 0 Å². The van der Waals surface area contributed by atoms with Crippen LogP contribution in [0.5, 0.6) is 5.75 Å². The average molecular weight is 371 g/mol. The predicted molar refractivity (Wildman–Crippen MR) is 101 cm³/mol. The Balaban J connectivity index is 1.56. The Kier molecular flexibility index (Phi) is 4.86. The molecule has 2 atom stereocenters. The Bertz CT molecular complexity index is 904. The van der Waals surface area contributed by atoms with Crippen LogP contribution in [0.4, 0.5) is 11.5 Å². The summed E-state index contributed by atoms with van der Waals surface area (Å²) in [7, 11) is 0. The van der Waals surface area contributed by atoms with Crippen LogP contribution in [-0.4, -0.2) is 32.3 Å². The number of rotatable bonds is 4. The summed E-state index contributed by atoms with van der Waals surface area (Å²) in [4.78, 5) is 12.3. The molecule has 0 radical (unpaired) electrons. The van der Waals surface area contributed by atoms with Crippen molar-refractivity contribution in [3.63, 3.8) is 0 Å². The van der Waals surface area contributed by atoms with Crippen molar-refractivity contribution in [3.05, 3.63) is 48.1 Å². The van der Waals surface area contributed by atoms with Crippen molar-refractivity contribution in [2.24, 2.45) is 0 Å². The van der Waals surface area contributed by atoms with Crippen LogP contribution in [0, 0.1) is 0 Å². The number of benzene rings is 1. The van der Waals surface area contributed by atoms with Crippen LogP contribution in [0.2, 0.25) is 5.28 Å². The van der Waals surface area contributed by atoms with Crippen LogP contribution < -0.4 is 10.1 Å². The maximum atomic E-state index is 9.81. The summed E-state index contributed by atoms with van der Waals surface area (Å²) >= 11 is 5.72. The van der Waals surface area contributed by atoms with Crippen molar-refractivity contribution < 1.29 is 9.84 Å². The fourth-order valence-electron chi connectivity index (χ4n) is 3.26. The van der Waals surface area contributed by atoms with Gasteiger partial charge in [0.15, 0.2) is 0 Å². The minimum atomic E-state index is -0.254. The number of anilines is 2. The molecule has 0 unspecified atom stereocenters. The maximum absolute atomic E-state index is 9.81. The number of aliphatic hydroxyl groups excluding tert-OH is 1. The van der Waals surface area contributed by atoms with Gasteiger partial charge in [0, 0.05) is 18.0 Å². The summed E-state index contributed by atoms with van der Waals surface area (Å²) < 4.78 is 6.07. The summed E-state index contributed by atoms with van der Waals surface area (Å²) in [6.45, 7) is 0. The molecule has 7 heteroatoms. The molecule has 1 aromatic carbocycles. The van der Waals surface area contributed by atoms with Gasteiger partial charge < -0.3 is 15.2 Å². The van der Waals surface area contributed by atoms with E-state index in [1.807, 2.05) is 24.3 Å². The molecule has 4 rings (SSSR count). The van der Waals surface area contributed by atoms with Crippen molar-refractivity contribution >= 4 is 33.9 Å². The third kappa shape index (κ3) is 3.86. The number of halogens is 1. The molecule has 26 heavy (non-hydrogen) atoms. The van der Waals surface area contributed by atoms with Crippen LogP contribution in [0.15, 0.2) is 42.9 Å². The van der Waals surface area contributed by atoms with Gasteiger partial charge in [0.2, 0.25) is 5.28 Å². The van der Waals surface area contributed by atoms with Gasteiger partial charge in [-0.1, -0.05) is 0 Å². The normalized spacial score (nSPS) is 20.1. The highest BCUT2D eigenvalue weighted by Gasteiger charge is 2.21. The van der Waals surface area contributed by atoms with E-state index in [1.54, 1.807) is 18.6 Å². The lowest BCUT2D eigenvalue weighted by Crippen LogP contribution is -2.28. The second kappa shape index (κ2) is 7.43. The van der Waals surface area contributed by atoms with Crippen LogP contribution in [0.1, 0.15) is 25.7 Å². The van der Waals surface area contributed by atoms with Gasteiger partial charge in [-0.25, -0.2) is 15.0 Å². The highest BCUT2D eigenvalue weighted by atomic mass is 35.5. The zero-order valence-electron chi connectivity index (χ0n) is 14.1. The Hall–Kier alpha value is -2.44. The van der Waals surface area contributed by atoms with Crippen molar-refractivity contribution in [2.45, 2.75) is 37.9 Å². The first-order valence-corrected chi connectivity index (χ1v) is 9.03. The minimum absolute atomic E-state index is 0.0712. The SMILES string of the molecule is O[C@@H]1CCC[C@H](Oc2ccc3c(Nc4cnc(Cl)nc4)nccc3c2)C1. The molecule has 0 spiro atoms. The number of nitrogens with one attached hydrogen (secondary N) is 1. The summed E-state index contributed by atoms with van der Waals surface area (Å²) in [5.41, 5.74) is 0.714. The summed E-state index contributed by atoms with van der Waals surface area (Å²) in [6.07, 6.45) is 8.33. The van der Waals surface area contributed by atoms with Crippen molar-refractivity contribution in [3.8, 4) is 5.75 Å². The lowest BCUT2D eigenvalue weighted by atomic mass is 9.95. The molecule has 6 nitrogen and oxygen atoms in total. The van der Waals surface area contributed by atoms with E-state index in [4.69, 9.17) is 16.3 Å². The van der Waals surface area contributed by atoms with E-state index in [9.17, 15) is 5.11 Å². The van der Waals surface area contributed by atoms with Gasteiger partial charge in [-0.05, 0) is 60.5 Å². The van der Waals surface area contributed by atoms with Crippen LogP contribution >= 0.6 is 11.6 Å². The van der Waals surface area contributed by atoms with E-state index in [-0.39, 0.29) is 17.5 Å². The first kappa shape index (κ1) is 17.0. The summed E-state index contributed by atoms with van der Waals surface area (Å²) in [5, 5.41) is 15.2. The number of hydrogen-bond donors (Lipinski definition) is 2. The minimum Gasteiger partial charge on any atom is -0.490 e. The van der Waals surface area contributed by atoms with E-state index in [0.717, 1.165) is 35.8 Å². The number of nitrogens with zero attached hydrogens (tertiary/aromatic N) is 3. The number of aromatic nitrogens is 3. The Morgan fingerprint density at radius 2 is 1.96 bits per heavy atom. The van der Waals surface area contributed by atoms with Gasteiger partial charge in [0.1, 0.15) is 17.7 Å². The van der Waals surface area contributed by atoms with Crippen molar-refractivity contribution in [1.29, 1.82) is 0 Å². The molecule has 0 saturated heterocycles. The monoisotopic (exact) mass is 370 g/mol. The fourth-order valence-corrected chi connectivity index (χ4v) is 3.36. The molecular weight excluding hydrogens is 352 g/mol. The van der Waals surface area contributed by atoms with Crippen LogP contribution in [0.25, 0.3) is 10.8 Å². The molecule has 0 aliphatic heterocycles. The standard InChI is InChI=1S/C19H19ClN4O2/c20-19-22-10-13(11-23-19)24-18-17-5-4-16(8-12(17)6-7-21-18)26-15-3-1-2-14(25)9-15/h4-8,10-11,14-15,25H,1-3,9H2,(H,21,24)/t14-,15+/m1/s1. The second-order valence-electron chi connectivity index (χ2n) is 6.47. The fraction of sp³-hybridized carbons (Fsp3) is 0.316. The van der Waals surface area contributed by atoms with E-state index in [0.29, 0.717) is 17.9 Å². The number of pyridine rings is 1. The molecule has 0 amide bonds. The van der Waals surface area contributed by atoms with Crippen LogP contribution in [-0.2, 0) is 0 Å². The van der Waals surface area contributed by atoms with Gasteiger partial charge in [0.25, 0.3) is 0 Å². The molecule has 1 saturated carbocycles. The summed E-state index contributed by atoms with van der Waals surface area (Å²) in [5.74, 6) is 1.52. The van der Waals surface area contributed by atoms with Crippen molar-refractivity contribution in [1.82, 2.24) is 15.0 Å². The van der Waals surface area contributed by atoms with Crippen molar-refractivity contribution in [2.75, 3.05) is 5.32 Å². The highest BCUT2D eigenvalue weighted by Crippen LogP contribution is 2.29. The number of ether oxygens (including phenoxy) is 1. The molecule has 2 aromatic heterocycles. The third-order valence-corrected chi connectivity index (χ3v) is 4.72. The quantitative estimate of drug-likeness (QED) is 0.673.